The van der Waals surface area contributed by atoms with Gasteiger partial charge in [0, 0.05) is 6.07 Å². The van der Waals surface area contributed by atoms with Crippen LogP contribution in [0.1, 0.15) is 0 Å². The molecule has 120 valence electrons. The summed E-state index contributed by atoms with van der Waals surface area (Å²) in [6.07, 6.45) is 1.40. The van der Waals surface area contributed by atoms with Gasteiger partial charge in [-0.25, -0.2) is 4.68 Å². The van der Waals surface area contributed by atoms with Crippen molar-refractivity contribution in [1.29, 1.82) is 0 Å². The maximum absolute atomic E-state index is 12.6. The molecule has 24 heavy (non-hydrogen) atoms. The van der Waals surface area contributed by atoms with Crippen LogP contribution in [-0.4, -0.2) is 37.4 Å². The Kier molecular flexibility index (Phi) is 3.43. The monoisotopic (exact) mass is 360 g/mol. The largest absolute Gasteiger partial charge is 0.379 e. The first-order valence-corrected chi connectivity index (χ1v) is 8.76. The lowest BCUT2D eigenvalue weighted by molar-refractivity contribution is 0.486. The maximum atomic E-state index is 12.6. The average molecular weight is 360 g/mol. The Balaban J connectivity index is 1.72. The van der Waals surface area contributed by atoms with Crippen molar-refractivity contribution < 1.29 is 12.6 Å². The van der Waals surface area contributed by atoms with E-state index in [-0.39, 0.29) is 10.6 Å². The van der Waals surface area contributed by atoms with E-state index in [2.05, 4.69) is 24.3 Å². The van der Waals surface area contributed by atoms with E-state index in [1.54, 1.807) is 24.3 Å². The number of fused-ring (bicyclic) bond motifs is 1. The second kappa shape index (κ2) is 5.62. The van der Waals surface area contributed by atoms with Crippen LogP contribution in [0.3, 0.4) is 0 Å². The van der Waals surface area contributed by atoms with Crippen molar-refractivity contribution >= 4 is 32.9 Å². The third-order valence-corrected chi connectivity index (χ3v) is 4.98. The van der Waals surface area contributed by atoms with Crippen molar-refractivity contribution in [3.8, 4) is 11.4 Å². The Morgan fingerprint density at radius 3 is 2.79 bits per heavy atom. The van der Waals surface area contributed by atoms with Gasteiger partial charge >= 0.3 is 10.1 Å². The normalized spacial score (nSPS) is 11.7. The minimum absolute atomic E-state index is 0.0263. The lowest BCUT2D eigenvalue weighted by Crippen LogP contribution is -2.10. The summed E-state index contributed by atoms with van der Waals surface area (Å²) in [5.74, 6) is 0.142. The first kappa shape index (κ1) is 14.7. The predicted octanol–water partition coefficient (Wildman–Crippen LogP) is 1.43. The molecule has 0 fully saturated rings. The van der Waals surface area contributed by atoms with Crippen molar-refractivity contribution in [3.05, 3.63) is 48.8 Å². The Morgan fingerprint density at radius 1 is 1.08 bits per heavy atom. The SMILES string of the molecule is O=S(=O)(Oc1cccc(-n2cnnn2)c1)c1cccc2nsnc12. The quantitative estimate of drug-likeness (QED) is 0.502. The van der Waals surface area contributed by atoms with Crippen LogP contribution in [0.15, 0.2) is 53.7 Å². The Bertz CT molecular complexity index is 1110. The minimum Gasteiger partial charge on any atom is -0.379 e. The number of hydrogen-bond acceptors (Lipinski definition) is 9. The van der Waals surface area contributed by atoms with Gasteiger partial charge in [-0.3, -0.25) is 0 Å². The summed E-state index contributed by atoms with van der Waals surface area (Å²) in [5, 5.41) is 10.8. The van der Waals surface area contributed by atoms with Gasteiger partial charge in [0.15, 0.2) is 0 Å². The molecule has 0 amide bonds. The molecule has 0 aliphatic heterocycles. The van der Waals surface area contributed by atoms with Gasteiger partial charge in [0.05, 0.1) is 17.4 Å². The molecule has 0 saturated carbocycles. The van der Waals surface area contributed by atoms with Crippen molar-refractivity contribution in [2.45, 2.75) is 4.90 Å². The highest BCUT2D eigenvalue weighted by atomic mass is 32.2. The Hall–Kier alpha value is -2.92. The van der Waals surface area contributed by atoms with Gasteiger partial charge in [-0.2, -0.15) is 17.2 Å². The molecule has 0 N–H and O–H groups in total. The van der Waals surface area contributed by atoms with Gasteiger partial charge in [-0.15, -0.1) is 5.10 Å². The van der Waals surface area contributed by atoms with Crippen molar-refractivity contribution in [3.63, 3.8) is 0 Å². The fraction of sp³-hybridized carbons (Fsp3) is 0. The number of nitrogens with zero attached hydrogens (tertiary/aromatic N) is 6. The zero-order valence-electron chi connectivity index (χ0n) is 11.8. The summed E-state index contributed by atoms with van der Waals surface area (Å²) >= 11 is 0.945. The molecule has 0 aliphatic rings. The van der Waals surface area contributed by atoms with E-state index in [1.807, 2.05) is 0 Å². The molecule has 0 spiro atoms. The molecular formula is C13H8N6O3S2. The van der Waals surface area contributed by atoms with Crippen LogP contribution >= 0.6 is 11.7 Å². The number of tetrazole rings is 1. The number of aromatic nitrogens is 6. The molecule has 2 heterocycles. The fourth-order valence-corrected chi connectivity index (χ4v) is 3.80. The molecule has 2 aromatic carbocycles. The van der Waals surface area contributed by atoms with Crippen LogP contribution in [0, 0.1) is 0 Å². The van der Waals surface area contributed by atoms with Crippen molar-refractivity contribution in [2.75, 3.05) is 0 Å². The number of hydrogen-bond donors (Lipinski definition) is 0. The number of benzene rings is 2. The summed E-state index contributed by atoms with van der Waals surface area (Å²) in [5.41, 5.74) is 1.37. The summed E-state index contributed by atoms with van der Waals surface area (Å²) in [6, 6.07) is 11.1. The molecule has 0 saturated heterocycles. The molecule has 0 bridgehead atoms. The van der Waals surface area contributed by atoms with Gasteiger partial charge in [0.25, 0.3) is 0 Å². The zero-order valence-corrected chi connectivity index (χ0v) is 13.5. The molecule has 0 aliphatic carbocycles. The van der Waals surface area contributed by atoms with E-state index in [0.717, 1.165) is 11.7 Å². The minimum atomic E-state index is -4.05. The van der Waals surface area contributed by atoms with Crippen LogP contribution in [0.25, 0.3) is 16.7 Å². The highest BCUT2D eigenvalue weighted by Crippen LogP contribution is 2.25. The predicted molar refractivity (Wildman–Crippen MR) is 84.4 cm³/mol. The van der Waals surface area contributed by atoms with Crippen LogP contribution in [-0.2, 0) is 10.1 Å². The molecule has 11 heteroatoms. The van der Waals surface area contributed by atoms with Gasteiger partial charge in [-0.05, 0) is 34.7 Å². The third-order valence-electron chi connectivity index (χ3n) is 3.16. The summed E-state index contributed by atoms with van der Waals surface area (Å²) in [7, 11) is -4.05. The van der Waals surface area contributed by atoms with Crippen molar-refractivity contribution in [1.82, 2.24) is 29.0 Å². The maximum Gasteiger partial charge on any atom is 0.341 e. The van der Waals surface area contributed by atoms with E-state index < -0.39 is 10.1 Å². The first-order valence-electron chi connectivity index (χ1n) is 6.63. The molecule has 0 radical (unpaired) electrons. The molecule has 2 aromatic heterocycles. The van der Waals surface area contributed by atoms with Crippen molar-refractivity contribution in [2.24, 2.45) is 0 Å². The fourth-order valence-electron chi connectivity index (χ4n) is 2.11. The van der Waals surface area contributed by atoms with Crippen LogP contribution in [0.4, 0.5) is 0 Å². The van der Waals surface area contributed by atoms with E-state index in [1.165, 1.54) is 29.2 Å². The van der Waals surface area contributed by atoms with E-state index in [0.29, 0.717) is 16.7 Å². The smallest absolute Gasteiger partial charge is 0.341 e. The van der Waals surface area contributed by atoms with Crippen LogP contribution < -0.4 is 4.18 Å². The van der Waals surface area contributed by atoms with Crippen LogP contribution in [0.2, 0.25) is 0 Å². The summed E-state index contributed by atoms with van der Waals surface area (Å²) < 4.78 is 39.8. The van der Waals surface area contributed by atoms with Gasteiger partial charge in [0.2, 0.25) is 0 Å². The average Bonchev–Trinajstić information content (AvgIpc) is 3.25. The molecule has 0 atom stereocenters. The zero-order chi connectivity index (χ0) is 16.6. The van der Waals surface area contributed by atoms with Gasteiger partial charge in [-0.1, -0.05) is 12.1 Å². The van der Waals surface area contributed by atoms with Gasteiger partial charge < -0.3 is 4.18 Å². The lowest BCUT2D eigenvalue weighted by atomic mass is 10.3. The highest BCUT2D eigenvalue weighted by Gasteiger charge is 2.22. The summed E-state index contributed by atoms with van der Waals surface area (Å²) in [6.45, 7) is 0. The number of rotatable bonds is 4. The summed E-state index contributed by atoms with van der Waals surface area (Å²) in [4.78, 5) is -0.0263. The molecule has 4 rings (SSSR count). The van der Waals surface area contributed by atoms with Gasteiger partial charge in [0.1, 0.15) is 28.0 Å². The van der Waals surface area contributed by atoms with Crippen LogP contribution in [0.5, 0.6) is 5.75 Å². The topological polar surface area (TPSA) is 113 Å². The molecular weight excluding hydrogens is 352 g/mol. The molecule has 9 nitrogen and oxygen atoms in total. The first-order chi connectivity index (χ1) is 11.6. The highest BCUT2D eigenvalue weighted by molar-refractivity contribution is 7.87. The van der Waals surface area contributed by atoms with E-state index in [4.69, 9.17) is 4.18 Å². The second-order valence-electron chi connectivity index (χ2n) is 4.68. The second-order valence-corrected chi connectivity index (χ2v) is 6.72. The molecule has 4 aromatic rings. The van der Waals surface area contributed by atoms with E-state index >= 15 is 0 Å². The Labute approximate surface area is 140 Å². The molecule has 0 unspecified atom stereocenters. The lowest BCUT2D eigenvalue weighted by Gasteiger charge is -2.08. The standard InChI is InChI=1S/C13H8N6O3S2/c20-24(21,12-6-2-5-11-13(12)16-23-15-11)22-10-4-1-3-9(7-10)19-8-14-17-18-19/h1-8H. The third kappa shape index (κ3) is 2.59. The van der Waals surface area contributed by atoms with E-state index in [9.17, 15) is 8.42 Å². The Morgan fingerprint density at radius 2 is 1.96 bits per heavy atom.